The van der Waals surface area contributed by atoms with Crippen molar-refractivity contribution >= 4 is 28.9 Å². The number of benzene rings is 2. The van der Waals surface area contributed by atoms with E-state index in [1.807, 2.05) is 0 Å². The number of nitrogens with two attached hydrogens (primary N) is 1. The standard InChI is InChI=1S/C13H11ClFN3O/c14-9-5-10(15)7-12(6-9)17-13(19)8-1-3-11(18-16)4-2-8/h1-7,18H,16H2,(H,17,19). The zero-order valence-corrected chi connectivity index (χ0v) is 10.5. The normalized spacial score (nSPS) is 10.1. The van der Waals surface area contributed by atoms with Gasteiger partial charge in [-0.2, -0.15) is 0 Å². The highest BCUT2D eigenvalue weighted by atomic mass is 35.5. The van der Waals surface area contributed by atoms with Crippen molar-refractivity contribution in [1.29, 1.82) is 0 Å². The molecule has 19 heavy (non-hydrogen) atoms. The van der Waals surface area contributed by atoms with Crippen molar-refractivity contribution in [1.82, 2.24) is 0 Å². The number of rotatable bonds is 3. The second-order valence-corrected chi connectivity index (χ2v) is 4.27. The number of nitrogens with one attached hydrogen (secondary N) is 2. The molecule has 0 saturated carbocycles. The van der Waals surface area contributed by atoms with E-state index in [1.165, 1.54) is 18.2 Å². The molecule has 1 amide bonds. The van der Waals surface area contributed by atoms with E-state index in [-0.39, 0.29) is 10.9 Å². The van der Waals surface area contributed by atoms with Crippen LogP contribution >= 0.6 is 11.6 Å². The van der Waals surface area contributed by atoms with Crippen molar-refractivity contribution in [2.75, 3.05) is 10.7 Å². The maximum atomic E-state index is 13.1. The molecule has 0 aliphatic rings. The van der Waals surface area contributed by atoms with E-state index in [0.717, 1.165) is 0 Å². The topological polar surface area (TPSA) is 67.1 Å². The molecule has 98 valence electrons. The molecule has 4 N–H and O–H groups in total. The Morgan fingerprint density at radius 2 is 1.79 bits per heavy atom. The van der Waals surface area contributed by atoms with Crippen LogP contribution in [0.4, 0.5) is 15.8 Å². The van der Waals surface area contributed by atoms with E-state index in [9.17, 15) is 9.18 Å². The van der Waals surface area contributed by atoms with Crippen LogP contribution in [0.1, 0.15) is 10.4 Å². The van der Waals surface area contributed by atoms with Crippen LogP contribution in [0, 0.1) is 5.82 Å². The molecule has 0 fully saturated rings. The van der Waals surface area contributed by atoms with Gasteiger partial charge in [-0.25, -0.2) is 4.39 Å². The number of anilines is 2. The molecule has 0 aliphatic heterocycles. The summed E-state index contributed by atoms with van der Waals surface area (Å²) in [6.45, 7) is 0. The first-order chi connectivity index (χ1) is 9.08. The molecule has 2 rings (SSSR count). The van der Waals surface area contributed by atoms with Gasteiger partial charge in [0, 0.05) is 22.0 Å². The van der Waals surface area contributed by atoms with Crippen LogP contribution in [0.3, 0.4) is 0 Å². The average molecular weight is 280 g/mol. The first-order valence-corrected chi connectivity index (χ1v) is 5.80. The molecule has 0 atom stereocenters. The summed E-state index contributed by atoms with van der Waals surface area (Å²) in [7, 11) is 0. The second kappa shape index (κ2) is 5.69. The van der Waals surface area contributed by atoms with Gasteiger partial charge < -0.3 is 10.7 Å². The summed E-state index contributed by atoms with van der Waals surface area (Å²) in [4.78, 5) is 11.9. The highest BCUT2D eigenvalue weighted by Gasteiger charge is 2.07. The van der Waals surface area contributed by atoms with Gasteiger partial charge in [-0.05, 0) is 42.5 Å². The maximum absolute atomic E-state index is 13.1. The largest absolute Gasteiger partial charge is 0.324 e. The Kier molecular flexibility index (Phi) is 3.99. The summed E-state index contributed by atoms with van der Waals surface area (Å²) in [6, 6.07) is 10.4. The molecule has 6 heteroatoms. The van der Waals surface area contributed by atoms with Crippen molar-refractivity contribution in [3.8, 4) is 0 Å². The van der Waals surface area contributed by atoms with Crippen LogP contribution in [-0.4, -0.2) is 5.91 Å². The number of hydrogen-bond donors (Lipinski definition) is 3. The number of carbonyl (C=O) groups is 1. The van der Waals surface area contributed by atoms with Crippen molar-refractivity contribution in [3.63, 3.8) is 0 Å². The number of hydrazine groups is 1. The van der Waals surface area contributed by atoms with Crippen molar-refractivity contribution < 1.29 is 9.18 Å². The summed E-state index contributed by atoms with van der Waals surface area (Å²) < 4.78 is 13.1. The molecule has 2 aromatic carbocycles. The van der Waals surface area contributed by atoms with Crippen LogP contribution in [0.5, 0.6) is 0 Å². The molecule has 0 aliphatic carbocycles. The predicted octanol–water partition coefficient (Wildman–Crippen LogP) is 3.02. The summed E-state index contributed by atoms with van der Waals surface area (Å²) in [5.74, 6) is 4.36. The first kappa shape index (κ1) is 13.3. The van der Waals surface area contributed by atoms with E-state index in [1.54, 1.807) is 24.3 Å². The van der Waals surface area contributed by atoms with E-state index in [4.69, 9.17) is 17.4 Å². The fourth-order valence-electron chi connectivity index (χ4n) is 1.55. The highest BCUT2D eigenvalue weighted by Crippen LogP contribution is 2.19. The lowest BCUT2D eigenvalue weighted by atomic mass is 10.2. The molecule has 0 heterocycles. The molecule has 4 nitrogen and oxygen atoms in total. The van der Waals surface area contributed by atoms with Crippen molar-refractivity contribution in [2.24, 2.45) is 5.84 Å². The van der Waals surface area contributed by atoms with Crippen LogP contribution in [0.25, 0.3) is 0 Å². The fraction of sp³-hybridized carbons (Fsp3) is 0. The van der Waals surface area contributed by atoms with Crippen LogP contribution in [-0.2, 0) is 0 Å². The van der Waals surface area contributed by atoms with Gasteiger partial charge in [0.05, 0.1) is 0 Å². The Morgan fingerprint density at radius 1 is 1.11 bits per heavy atom. The lowest BCUT2D eigenvalue weighted by Gasteiger charge is -2.07. The van der Waals surface area contributed by atoms with Gasteiger partial charge in [0.15, 0.2) is 0 Å². The van der Waals surface area contributed by atoms with Crippen LogP contribution in [0.15, 0.2) is 42.5 Å². The molecule has 0 aromatic heterocycles. The lowest BCUT2D eigenvalue weighted by molar-refractivity contribution is 0.102. The predicted molar refractivity (Wildman–Crippen MR) is 73.6 cm³/mol. The molecule has 0 saturated heterocycles. The zero-order chi connectivity index (χ0) is 13.8. The monoisotopic (exact) mass is 279 g/mol. The summed E-state index contributed by atoms with van der Waals surface area (Å²) >= 11 is 5.71. The molecule has 2 aromatic rings. The molecular formula is C13H11ClFN3O. The smallest absolute Gasteiger partial charge is 0.255 e. The molecule has 0 radical (unpaired) electrons. The summed E-state index contributed by atoms with van der Waals surface area (Å²) in [5, 5.41) is 2.78. The Balaban J connectivity index is 2.15. The quantitative estimate of drug-likeness (QED) is 0.598. The number of nitrogen functional groups attached to an aromatic ring is 1. The number of halogens is 2. The molecule has 0 bridgehead atoms. The molecule has 0 unspecified atom stereocenters. The van der Waals surface area contributed by atoms with E-state index < -0.39 is 5.82 Å². The number of hydrogen-bond acceptors (Lipinski definition) is 3. The molecular weight excluding hydrogens is 269 g/mol. The third kappa shape index (κ3) is 3.43. The van der Waals surface area contributed by atoms with Crippen LogP contribution < -0.4 is 16.6 Å². The Morgan fingerprint density at radius 3 is 2.37 bits per heavy atom. The lowest BCUT2D eigenvalue weighted by Crippen LogP contribution is -2.12. The Labute approximate surface area is 114 Å². The minimum absolute atomic E-state index is 0.220. The summed E-state index contributed by atoms with van der Waals surface area (Å²) in [5.41, 5.74) is 3.88. The summed E-state index contributed by atoms with van der Waals surface area (Å²) in [6.07, 6.45) is 0. The Hall–Kier alpha value is -2.11. The van der Waals surface area contributed by atoms with Gasteiger partial charge in [-0.15, -0.1) is 0 Å². The van der Waals surface area contributed by atoms with Gasteiger partial charge in [-0.3, -0.25) is 10.6 Å². The van der Waals surface area contributed by atoms with E-state index in [2.05, 4.69) is 10.7 Å². The highest BCUT2D eigenvalue weighted by molar-refractivity contribution is 6.31. The maximum Gasteiger partial charge on any atom is 0.255 e. The van der Waals surface area contributed by atoms with Crippen LogP contribution in [0.2, 0.25) is 5.02 Å². The number of carbonyl (C=O) groups excluding carboxylic acids is 1. The third-order valence-corrected chi connectivity index (χ3v) is 2.65. The van der Waals surface area contributed by atoms with E-state index >= 15 is 0 Å². The minimum Gasteiger partial charge on any atom is -0.324 e. The molecule has 0 spiro atoms. The minimum atomic E-state index is -0.509. The van der Waals surface area contributed by atoms with E-state index in [0.29, 0.717) is 16.9 Å². The van der Waals surface area contributed by atoms with Gasteiger partial charge in [0.25, 0.3) is 5.91 Å². The van der Waals surface area contributed by atoms with Crippen molar-refractivity contribution in [2.45, 2.75) is 0 Å². The second-order valence-electron chi connectivity index (χ2n) is 3.83. The van der Waals surface area contributed by atoms with Gasteiger partial charge in [0.1, 0.15) is 5.82 Å². The fourth-order valence-corrected chi connectivity index (χ4v) is 1.77. The van der Waals surface area contributed by atoms with Gasteiger partial charge >= 0.3 is 0 Å². The third-order valence-electron chi connectivity index (χ3n) is 2.43. The number of amides is 1. The van der Waals surface area contributed by atoms with Crippen molar-refractivity contribution in [3.05, 3.63) is 58.9 Å². The van der Waals surface area contributed by atoms with Gasteiger partial charge in [-0.1, -0.05) is 11.6 Å². The zero-order valence-electron chi connectivity index (χ0n) is 9.78. The Bertz CT molecular complexity index is 581. The average Bonchev–Trinajstić information content (AvgIpc) is 2.37. The van der Waals surface area contributed by atoms with Gasteiger partial charge in [0.2, 0.25) is 0 Å². The SMILES string of the molecule is NNc1ccc(C(=O)Nc2cc(F)cc(Cl)c2)cc1. The first-order valence-electron chi connectivity index (χ1n) is 5.42.